The van der Waals surface area contributed by atoms with Gasteiger partial charge in [-0.3, -0.25) is 19.2 Å². The highest BCUT2D eigenvalue weighted by atomic mass is 16.6. The van der Waals surface area contributed by atoms with Crippen LogP contribution in [0.2, 0.25) is 0 Å². The van der Waals surface area contributed by atoms with E-state index in [1.807, 2.05) is 45.9 Å². The van der Waals surface area contributed by atoms with Gasteiger partial charge in [0.25, 0.3) is 5.91 Å². The first-order chi connectivity index (χ1) is 21.4. The Bertz CT molecular complexity index is 1310. The fourth-order valence-corrected chi connectivity index (χ4v) is 7.34. The number of hydrogen-bond acceptors (Lipinski definition) is 7. The number of allylic oxidation sites excluding steroid dienone is 1. The summed E-state index contributed by atoms with van der Waals surface area (Å²) in [6.07, 6.45) is 4.33. The van der Waals surface area contributed by atoms with Gasteiger partial charge >= 0.3 is 5.97 Å². The Labute approximate surface area is 266 Å². The quantitative estimate of drug-likeness (QED) is 0.226. The maximum Gasteiger partial charge on any atom is 0.312 e. The number of hydrogen-bond donors (Lipinski definition) is 2. The van der Waals surface area contributed by atoms with Crippen LogP contribution in [0.15, 0.2) is 43.5 Å². The number of carbonyl (C=O) groups excluding carboxylic acids is 4. The predicted octanol–water partition coefficient (Wildman–Crippen LogP) is 3.62. The van der Waals surface area contributed by atoms with Crippen LogP contribution in [0.5, 0.6) is 0 Å². The van der Waals surface area contributed by atoms with E-state index in [4.69, 9.17) is 9.47 Å². The van der Waals surface area contributed by atoms with Crippen LogP contribution in [0.25, 0.3) is 0 Å². The second-order valence-corrected chi connectivity index (χ2v) is 13.2. The minimum atomic E-state index is -1.24. The molecule has 2 bridgehead atoms. The van der Waals surface area contributed by atoms with E-state index in [9.17, 15) is 24.3 Å². The first-order valence-corrected chi connectivity index (χ1v) is 16.1. The number of benzene rings is 1. The lowest BCUT2D eigenvalue weighted by Gasteiger charge is -2.40. The number of aryl methyl sites for hydroxylation is 2. The zero-order valence-corrected chi connectivity index (χ0v) is 27.3. The number of amides is 3. The van der Waals surface area contributed by atoms with Gasteiger partial charge in [-0.25, -0.2) is 0 Å². The van der Waals surface area contributed by atoms with Gasteiger partial charge in [-0.1, -0.05) is 38.1 Å². The lowest BCUT2D eigenvalue weighted by molar-refractivity contribution is -0.159. The standard InChI is InChI=1S/C35H49N3O7/c1-8-10-11-28(40)36-19-24(7)44-34(43)29-27-14-15-35(45-27)30(29)32(41)38(25(20-39)17-21(3)4)31(35)33(42)37(16-9-2)26-18-22(5)12-13-23(26)6/h8-9,12-13,18,21,24-25,27,29-31,39H,1-2,10-11,14-17,19-20H2,3-7H3,(H,36,40)/t24-,25-,27+,29-,30-,31+,35-/m1/s1. The fraction of sp³-hybridized carbons (Fsp3) is 0.600. The zero-order chi connectivity index (χ0) is 33.1. The Morgan fingerprint density at radius 2 is 1.96 bits per heavy atom. The van der Waals surface area contributed by atoms with Crippen molar-refractivity contribution in [2.45, 2.75) is 96.6 Å². The zero-order valence-electron chi connectivity index (χ0n) is 27.3. The minimum absolute atomic E-state index is 0.129. The van der Waals surface area contributed by atoms with Crippen molar-refractivity contribution in [1.82, 2.24) is 10.2 Å². The molecule has 45 heavy (non-hydrogen) atoms. The van der Waals surface area contributed by atoms with E-state index in [0.29, 0.717) is 37.8 Å². The van der Waals surface area contributed by atoms with Crippen molar-refractivity contribution >= 4 is 29.4 Å². The molecule has 1 spiro atoms. The summed E-state index contributed by atoms with van der Waals surface area (Å²) in [5.74, 6) is -3.16. The molecule has 3 saturated heterocycles. The van der Waals surface area contributed by atoms with Crippen molar-refractivity contribution in [2.75, 3.05) is 24.6 Å². The summed E-state index contributed by atoms with van der Waals surface area (Å²) in [7, 11) is 0. The minimum Gasteiger partial charge on any atom is -0.460 e. The first-order valence-electron chi connectivity index (χ1n) is 16.1. The van der Waals surface area contributed by atoms with Crippen molar-refractivity contribution < 1.29 is 33.8 Å². The van der Waals surface area contributed by atoms with Gasteiger partial charge in [-0.2, -0.15) is 0 Å². The molecule has 2 N–H and O–H groups in total. The molecule has 7 atom stereocenters. The molecule has 0 aliphatic carbocycles. The molecule has 1 aromatic rings. The third-order valence-corrected chi connectivity index (χ3v) is 9.30. The SMILES string of the molecule is C=CCCC(=O)NC[C@@H](C)OC(=O)[C@@H]1[C@@H]2CC[C@]3(O2)[C@H](C(=O)N(CC=C)c2cc(C)ccc2C)N([C@@H](CO)CC(C)C)C(=O)[C@@H]13. The molecular weight excluding hydrogens is 574 g/mol. The van der Waals surface area contributed by atoms with E-state index in [1.165, 1.54) is 4.90 Å². The molecule has 3 aliphatic heterocycles. The average Bonchev–Trinajstić information content (AvgIpc) is 3.64. The van der Waals surface area contributed by atoms with Gasteiger partial charge < -0.3 is 29.7 Å². The molecule has 1 aromatic carbocycles. The molecule has 0 aromatic heterocycles. The van der Waals surface area contributed by atoms with Crippen LogP contribution in [0.1, 0.15) is 64.0 Å². The fourth-order valence-electron chi connectivity index (χ4n) is 7.34. The number of ether oxygens (including phenoxy) is 2. The molecule has 10 nitrogen and oxygen atoms in total. The number of esters is 1. The van der Waals surface area contributed by atoms with E-state index in [-0.39, 0.29) is 43.3 Å². The summed E-state index contributed by atoms with van der Waals surface area (Å²) in [6.45, 7) is 17.1. The van der Waals surface area contributed by atoms with Crippen LogP contribution in [0, 0.1) is 31.6 Å². The molecule has 0 saturated carbocycles. The monoisotopic (exact) mass is 623 g/mol. The normalized spacial score (nSPS) is 26.4. The van der Waals surface area contributed by atoms with Gasteiger partial charge in [0.15, 0.2) is 0 Å². The number of aliphatic hydroxyl groups is 1. The number of rotatable bonds is 15. The molecule has 3 aliphatic rings. The lowest BCUT2D eigenvalue weighted by atomic mass is 9.70. The second-order valence-electron chi connectivity index (χ2n) is 13.2. The topological polar surface area (TPSA) is 125 Å². The Balaban J connectivity index is 1.69. The number of aliphatic hydroxyl groups excluding tert-OH is 1. The van der Waals surface area contributed by atoms with Gasteiger partial charge in [-0.15, -0.1) is 13.2 Å². The average molecular weight is 624 g/mol. The number of likely N-dealkylation sites (tertiary alicyclic amines) is 1. The third kappa shape index (κ3) is 6.72. The molecule has 4 rings (SSSR count). The maximum absolute atomic E-state index is 14.8. The van der Waals surface area contributed by atoms with E-state index in [2.05, 4.69) is 18.5 Å². The number of nitrogens with zero attached hydrogens (tertiary/aromatic N) is 2. The van der Waals surface area contributed by atoms with Gasteiger partial charge in [0.2, 0.25) is 11.8 Å². The predicted molar refractivity (Wildman–Crippen MR) is 171 cm³/mol. The summed E-state index contributed by atoms with van der Waals surface area (Å²) in [4.78, 5) is 58.3. The highest BCUT2D eigenvalue weighted by Crippen LogP contribution is 2.59. The number of anilines is 1. The van der Waals surface area contributed by atoms with E-state index < -0.39 is 47.7 Å². The van der Waals surface area contributed by atoms with Crippen LogP contribution >= 0.6 is 0 Å². The highest BCUT2D eigenvalue weighted by molar-refractivity contribution is 6.05. The first kappa shape index (κ1) is 34.4. The number of carbonyl (C=O) groups is 4. The van der Waals surface area contributed by atoms with Crippen molar-refractivity contribution in [3.05, 3.63) is 54.6 Å². The summed E-state index contributed by atoms with van der Waals surface area (Å²) in [5.41, 5.74) is 1.34. The lowest BCUT2D eigenvalue weighted by Crippen LogP contribution is -2.59. The maximum atomic E-state index is 14.8. The number of fused-ring (bicyclic) bond motifs is 1. The van der Waals surface area contributed by atoms with E-state index >= 15 is 0 Å². The van der Waals surface area contributed by atoms with Crippen LogP contribution in [0.3, 0.4) is 0 Å². The largest absolute Gasteiger partial charge is 0.460 e. The number of nitrogens with one attached hydrogen (secondary N) is 1. The van der Waals surface area contributed by atoms with Gasteiger partial charge in [0.1, 0.15) is 17.7 Å². The molecule has 3 fully saturated rings. The van der Waals surface area contributed by atoms with Gasteiger partial charge in [-0.05, 0) is 69.6 Å². The molecule has 246 valence electrons. The van der Waals surface area contributed by atoms with Crippen molar-refractivity contribution in [2.24, 2.45) is 17.8 Å². The van der Waals surface area contributed by atoms with Crippen LogP contribution in [-0.4, -0.2) is 83.3 Å². The van der Waals surface area contributed by atoms with E-state index in [0.717, 1.165) is 11.1 Å². The Hall–Kier alpha value is -3.50. The highest BCUT2D eigenvalue weighted by Gasteiger charge is 2.75. The van der Waals surface area contributed by atoms with Crippen molar-refractivity contribution in [1.29, 1.82) is 0 Å². The molecule has 0 radical (unpaired) electrons. The van der Waals surface area contributed by atoms with Crippen LogP contribution in [-0.2, 0) is 28.7 Å². The summed E-state index contributed by atoms with van der Waals surface area (Å²) in [5, 5.41) is 13.3. The second kappa shape index (κ2) is 14.3. The smallest absolute Gasteiger partial charge is 0.312 e. The summed E-state index contributed by atoms with van der Waals surface area (Å²) >= 11 is 0. The van der Waals surface area contributed by atoms with E-state index in [1.54, 1.807) is 24.0 Å². The Morgan fingerprint density at radius 3 is 2.60 bits per heavy atom. The van der Waals surface area contributed by atoms with Crippen molar-refractivity contribution in [3.63, 3.8) is 0 Å². The Morgan fingerprint density at radius 1 is 1.22 bits per heavy atom. The molecular formula is C35H49N3O7. The molecule has 3 amide bonds. The summed E-state index contributed by atoms with van der Waals surface area (Å²) in [6, 6.07) is 4.19. The van der Waals surface area contributed by atoms with Gasteiger partial charge in [0.05, 0.1) is 37.1 Å². The van der Waals surface area contributed by atoms with Gasteiger partial charge in [0, 0.05) is 18.7 Å². The third-order valence-electron chi connectivity index (χ3n) is 9.30. The summed E-state index contributed by atoms with van der Waals surface area (Å²) < 4.78 is 12.4. The molecule has 3 heterocycles. The molecule has 10 heteroatoms. The van der Waals surface area contributed by atoms with Crippen molar-refractivity contribution in [3.8, 4) is 0 Å². The molecule has 0 unspecified atom stereocenters. The van der Waals surface area contributed by atoms with Crippen LogP contribution in [0.4, 0.5) is 5.69 Å². The Kier molecular flexibility index (Phi) is 10.9. The van der Waals surface area contributed by atoms with Crippen LogP contribution < -0.4 is 10.2 Å².